The predicted octanol–water partition coefficient (Wildman–Crippen LogP) is 3.15. The van der Waals surface area contributed by atoms with Crippen molar-refractivity contribution in [1.82, 2.24) is 0 Å². The van der Waals surface area contributed by atoms with Gasteiger partial charge in [0.15, 0.2) is 5.78 Å². The second-order valence-electron chi connectivity index (χ2n) is 9.08. The molecule has 5 fully saturated rings. The van der Waals surface area contributed by atoms with Crippen molar-refractivity contribution >= 4 is 11.6 Å². The first-order valence-electron chi connectivity index (χ1n) is 9.17. The molecule has 4 saturated carbocycles. The summed E-state index contributed by atoms with van der Waals surface area (Å²) in [5.74, 6) is 3.32. The summed E-state index contributed by atoms with van der Waals surface area (Å²) in [6.07, 6.45) is 7.35. The molecule has 0 aromatic heterocycles. The molecule has 120 valence electrons. The zero-order valence-corrected chi connectivity index (χ0v) is 13.6. The van der Waals surface area contributed by atoms with Crippen molar-refractivity contribution in [2.75, 3.05) is 0 Å². The first-order chi connectivity index (χ1) is 10.5. The number of rotatable bonds is 0. The van der Waals surface area contributed by atoms with Crippen LogP contribution in [0.4, 0.5) is 0 Å². The van der Waals surface area contributed by atoms with Crippen LogP contribution in [0.15, 0.2) is 0 Å². The fourth-order valence-electron chi connectivity index (χ4n) is 7.20. The molecule has 4 aliphatic carbocycles. The molecule has 1 heterocycles. The number of ether oxygens (including phenoxy) is 1. The number of Topliss-reactive ketones (excluding diaryl/α,β-unsaturated/α-hetero) is 2. The molecule has 4 unspecified atom stereocenters. The molecule has 0 aromatic carbocycles. The second-order valence-corrected chi connectivity index (χ2v) is 9.08. The summed E-state index contributed by atoms with van der Waals surface area (Å²) in [4.78, 5) is 24.5. The fourth-order valence-corrected chi connectivity index (χ4v) is 7.20. The average Bonchev–Trinajstić information content (AvgIpc) is 3.24. The minimum atomic E-state index is -0.0847. The van der Waals surface area contributed by atoms with E-state index in [4.69, 9.17) is 4.74 Å². The molecule has 0 bridgehead atoms. The summed E-state index contributed by atoms with van der Waals surface area (Å²) in [7, 11) is 0. The van der Waals surface area contributed by atoms with Crippen LogP contribution in [0, 0.1) is 34.5 Å². The van der Waals surface area contributed by atoms with E-state index >= 15 is 0 Å². The Balaban J connectivity index is 1.51. The normalized spacial score (nSPS) is 59.4. The highest BCUT2D eigenvalue weighted by atomic mass is 16.6. The summed E-state index contributed by atoms with van der Waals surface area (Å²) < 4.78 is 5.85. The number of hydrogen-bond acceptors (Lipinski definition) is 3. The lowest BCUT2D eigenvalue weighted by molar-refractivity contribution is -0.141. The smallest absolute Gasteiger partial charge is 0.164 e. The van der Waals surface area contributed by atoms with E-state index in [1.807, 2.05) is 0 Å². The molecule has 3 nitrogen and oxygen atoms in total. The van der Waals surface area contributed by atoms with Gasteiger partial charge in [-0.3, -0.25) is 9.59 Å². The number of ketones is 2. The summed E-state index contributed by atoms with van der Waals surface area (Å²) in [5.41, 5.74) is 0.146. The molecule has 5 rings (SSSR count). The lowest BCUT2D eigenvalue weighted by Crippen LogP contribution is -2.56. The van der Waals surface area contributed by atoms with Crippen molar-refractivity contribution < 1.29 is 14.3 Å². The lowest BCUT2D eigenvalue weighted by atomic mass is 9.45. The van der Waals surface area contributed by atoms with Crippen LogP contribution in [0.25, 0.3) is 0 Å². The maximum absolute atomic E-state index is 12.4. The zero-order valence-electron chi connectivity index (χ0n) is 13.6. The lowest BCUT2D eigenvalue weighted by Gasteiger charge is -2.58. The molecule has 0 aromatic rings. The second kappa shape index (κ2) is 4.03. The molecule has 5 aliphatic rings. The van der Waals surface area contributed by atoms with Crippen LogP contribution < -0.4 is 0 Å². The Morgan fingerprint density at radius 2 is 1.86 bits per heavy atom. The predicted molar refractivity (Wildman–Crippen MR) is 81.2 cm³/mol. The highest BCUT2D eigenvalue weighted by Crippen LogP contribution is 2.67. The monoisotopic (exact) mass is 302 g/mol. The third-order valence-electron chi connectivity index (χ3n) is 8.54. The number of fused-ring (bicyclic) bond motifs is 7. The molecule has 22 heavy (non-hydrogen) atoms. The standard InChI is InChI=1S/C19H26O3/c1-18-8-7-13-11(12(18)5-6-15(18)21)4-3-10-9-14(20)16-17(22-16)19(10,13)2/h10-13,16-17H,3-9H2,1-2H3/t10?,11?,12?,13?,16-,17-,18-,19-/m1/s1. The average molecular weight is 302 g/mol. The Kier molecular flexibility index (Phi) is 2.51. The van der Waals surface area contributed by atoms with E-state index in [1.54, 1.807) is 0 Å². The van der Waals surface area contributed by atoms with Gasteiger partial charge in [0.2, 0.25) is 0 Å². The molecule has 0 radical (unpaired) electrons. The molecule has 8 atom stereocenters. The third kappa shape index (κ3) is 1.43. The molecule has 1 aliphatic heterocycles. The zero-order chi connectivity index (χ0) is 15.3. The molecule has 3 heteroatoms. The minimum Gasteiger partial charge on any atom is -0.361 e. The van der Waals surface area contributed by atoms with Gasteiger partial charge in [-0.25, -0.2) is 0 Å². The minimum absolute atomic E-state index is 0.0430. The SMILES string of the molecule is C[C@@]12C(CCC3C1CC[C@@]1(C)C(=O)CCC31)CC(=O)[C@H]1O[C@H]12. The van der Waals surface area contributed by atoms with Crippen LogP contribution >= 0.6 is 0 Å². The van der Waals surface area contributed by atoms with Crippen LogP contribution in [-0.2, 0) is 14.3 Å². The Hall–Kier alpha value is -0.700. The number of epoxide rings is 1. The van der Waals surface area contributed by atoms with Crippen LogP contribution in [0.2, 0.25) is 0 Å². The van der Waals surface area contributed by atoms with E-state index in [0.29, 0.717) is 35.2 Å². The Morgan fingerprint density at radius 1 is 1.05 bits per heavy atom. The van der Waals surface area contributed by atoms with Crippen molar-refractivity contribution in [2.45, 2.75) is 71.0 Å². The van der Waals surface area contributed by atoms with E-state index < -0.39 is 0 Å². The molecule has 1 saturated heterocycles. The van der Waals surface area contributed by atoms with Gasteiger partial charge in [-0.1, -0.05) is 13.8 Å². The van der Waals surface area contributed by atoms with E-state index in [-0.39, 0.29) is 23.0 Å². The summed E-state index contributed by atoms with van der Waals surface area (Å²) >= 11 is 0. The molecule has 0 spiro atoms. The van der Waals surface area contributed by atoms with E-state index in [2.05, 4.69) is 13.8 Å². The van der Waals surface area contributed by atoms with Crippen molar-refractivity contribution in [3.05, 3.63) is 0 Å². The number of carbonyl (C=O) groups excluding carboxylic acids is 2. The highest BCUT2D eigenvalue weighted by Gasteiger charge is 2.69. The first-order valence-corrected chi connectivity index (χ1v) is 9.17. The largest absolute Gasteiger partial charge is 0.361 e. The van der Waals surface area contributed by atoms with Gasteiger partial charge in [0.25, 0.3) is 0 Å². The van der Waals surface area contributed by atoms with Crippen molar-refractivity contribution in [2.24, 2.45) is 34.5 Å². The Bertz CT molecular complexity index is 569. The van der Waals surface area contributed by atoms with Crippen LogP contribution in [0.1, 0.15) is 58.8 Å². The van der Waals surface area contributed by atoms with Crippen LogP contribution in [0.5, 0.6) is 0 Å². The van der Waals surface area contributed by atoms with Crippen molar-refractivity contribution in [1.29, 1.82) is 0 Å². The van der Waals surface area contributed by atoms with Crippen molar-refractivity contribution in [3.8, 4) is 0 Å². The molecular formula is C19H26O3. The number of carbonyl (C=O) groups is 2. The van der Waals surface area contributed by atoms with Gasteiger partial charge in [0, 0.05) is 23.7 Å². The topological polar surface area (TPSA) is 46.7 Å². The molecular weight excluding hydrogens is 276 g/mol. The number of hydrogen-bond donors (Lipinski definition) is 0. The molecule has 0 N–H and O–H groups in total. The summed E-state index contributed by atoms with van der Waals surface area (Å²) in [5, 5.41) is 0. The van der Waals surface area contributed by atoms with Gasteiger partial charge in [0.05, 0.1) is 6.10 Å². The maximum Gasteiger partial charge on any atom is 0.164 e. The summed E-state index contributed by atoms with van der Waals surface area (Å²) in [6.45, 7) is 4.64. The van der Waals surface area contributed by atoms with Crippen LogP contribution in [-0.4, -0.2) is 23.8 Å². The maximum atomic E-state index is 12.4. The Labute approximate surface area is 132 Å². The van der Waals surface area contributed by atoms with Gasteiger partial charge in [-0.2, -0.15) is 0 Å². The van der Waals surface area contributed by atoms with E-state index in [1.165, 1.54) is 6.42 Å². The fraction of sp³-hybridized carbons (Fsp3) is 0.895. The first kappa shape index (κ1) is 13.7. The molecule has 0 amide bonds. The van der Waals surface area contributed by atoms with Gasteiger partial charge < -0.3 is 4.74 Å². The van der Waals surface area contributed by atoms with E-state index in [9.17, 15) is 9.59 Å². The Morgan fingerprint density at radius 3 is 2.68 bits per heavy atom. The van der Waals surface area contributed by atoms with Crippen molar-refractivity contribution in [3.63, 3.8) is 0 Å². The van der Waals surface area contributed by atoms with Gasteiger partial charge in [-0.05, 0) is 55.8 Å². The highest BCUT2D eigenvalue weighted by molar-refractivity contribution is 5.88. The third-order valence-corrected chi connectivity index (χ3v) is 8.54. The van der Waals surface area contributed by atoms with Gasteiger partial charge in [-0.15, -0.1) is 0 Å². The van der Waals surface area contributed by atoms with Gasteiger partial charge >= 0.3 is 0 Å². The summed E-state index contributed by atoms with van der Waals surface area (Å²) in [6, 6.07) is 0. The van der Waals surface area contributed by atoms with Crippen LogP contribution in [0.3, 0.4) is 0 Å². The van der Waals surface area contributed by atoms with E-state index in [0.717, 1.165) is 38.5 Å². The van der Waals surface area contributed by atoms with Gasteiger partial charge in [0.1, 0.15) is 11.9 Å². The quantitative estimate of drug-likeness (QED) is 0.646.